The van der Waals surface area contributed by atoms with Gasteiger partial charge in [-0.15, -0.1) is 0 Å². The molecule has 0 saturated carbocycles. The second-order valence-electron chi connectivity index (χ2n) is 7.43. The van der Waals surface area contributed by atoms with Gasteiger partial charge >= 0.3 is 6.18 Å². The molecule has 172 valence electrons. The minimum Gasteiger partial charge on any atom is -0.444 e. The van der Waals surface area contributed by atoms with Gasteiger partial charge in [-0.1, -0.05) is 24.3 Å². The van der Waals surface area contributed by atoms with Crippen LogP contribution >= 0.6 is 0 Å². The van der Waals surface area contributed by atoms with Gasteiger partial charge in [0.05, 0.1) is 27.9 Å². The van der Waals surface area contributed by atoms with E-state index in [2.05, 4.69) is 10.1 Å². The van der Waals surface area contributed by atoms with Crippen LogP contribution in [-0.2, 0) is 36.1 Å². The summed E-state index contributed by atoms with van der Waals surface area (Å²) in [7, 11) is -2.03. The fourth-order valence-electron chi connectivity index (χ4n) is 3.41. The number of hydrogen-bond acceptors (Lipinski definition) is 5. The zero-order chi connectivity index (χ0) is 23.8. The number of aryl methyl sites for hydroxylation is 2. The quantitative estimate of drug-likeness (QED) is 0.449. The number of aromatic nitrogens is 3. The van der Waals surface area contributed by atoms with Crippen LogP contribution in [-0.4, -0.2) is 23.2 Å². The van der Waals surface area contributed by atoms with E-state index in [9.17, 15) is 21.6 Å². The summed E-state index contributed by atoms with van der Waals surface area (Å²) in [6, 6.07) is 11.0. The molecule has 2 heterocycles. The van der Waals surface area contributed by atoms with Crippen LogP contribution in [0.4, 0.5) is 13.2 Å². The van der Waals surface area contributed by atoms with Crippen molar-refractivity contribution < 1.29 is 26.0 Å². The summed E-state index contributed by atoms with van der Waals surface area (Å²) in [4.78, 5) is 4.48. The summed E-state index contributed by atoms with van der Waals surface area (Å²) in [6.45, 7) is 0. The van der Waals surface area contributed by atoms with Gasteiger partial charge in [0.15, 0.2) is 0 Å². The second-order valence-corrected chi connectivity index (χ2v) is 8.99. The van der Waals surface area contributed by atoms with Crippen LogP contribution < -0.4 is 5.14 Å². The second kappa shape index (κ2) is 8.49. The van der Waals surface area contributed by atoms with E-state index in [1.54, 1.807) is 30.1 Å². The van der Waals surface area contributed by atoms with Crippen molar-refractivity contribution in [3.8, 4) is 22.7 Å². The van der Waals surface area contributed by atoms with Gasteiger partial charge in [0.1, 0.15) is 12.0 Å². The van der Waals surface area contributed by atoms with Crippen LogP contribution in [0.2, 0.25) is 0 Å². The molecule has 33 heavy (non-hydrogen) atoms. The molecule has 0 amide bonds. The monoisotopic (exact) mass is 476 g/mol. The van der Waals surface area contributed by atoms with Crippen molar-refractivity contribution in [3.63, 3.8) is 0 Å². The van der Waals surface area contributed by atoms with Crippen molar-refractivity contribution in [1.82, 2.24) is 14.8 Å². The number of hydrogen-bond donors (Lipinski definition) is 1. The summed E-state index contributed by atoms with van der Waals surface area (Å²) in [5, 5.41) is 9.38. The molecule has 11 heteroatoms. The fourth-order valence-corrected chi connectivity index (χ4v) is 3.92. The van der Waals surface area contributed by atoms with Crippen molar-refractivity contribution in [2.75, 3.05) is 0 Å². The van der Waals surface area contributed by atoms with Crippen molar-refractivity contribution in [3.05, 3.63) is 77.8 Å². The van der Waals surface area contributed by atoms with Gasteiger partial charge < -0.3 is 4.42 Å². The predicted molar refractivity (Wildman–Crippen MR) is 114 cm³/mol. The highest BCUT2D eigenvalue weighted by molar-refractivity contribution is 7.89. The Morgan fingerprint density at radius 3 is 2.30 bits per heavy atom. The van der Waals surface area contributed by atoms with Gasteiger partial charge in [-0.3, -0.25) is 4.68 Å². The summed E-state index contributed by atoms with van der Waals surface area (Å²) in [5.41, 5.74) is 2.70. The molecule has 0 bridgehead atoms. The average Bonchev–Trinajstić information content (AvgIpc) is 3.38. The first-order chi connectivity index (χ1) is 15.5. The Labute approximate surface area is 187 Å². The summed E-state index contributed by atoms with van der Waals surface area (Å²) in [6.07, 6.45) is -0.282. The van der Waals surface area contributed by atoms with E-state index in [0.717, 1.165) is 23.4 Å². The van der Waals surface area contributed by atoms with E-state index >= 15 is 0 Å². The molecule has 0 unspecified atom stereocenters. The number of nitrogens with two attached hydrogens (primary N) is 1. The molecule has 4 rings (SSSR count). The van der Waals surface area contributed by atoms with Gasteiger partial charge in [0.2, 0.25) is 15.9 Å². The van der Waals surface area contributed by atoms with E-state index in [1.165, 1.54) is 30.5 Å². The standard InChI is InChI=1S/C22H19F3N4O3S/c1-29-20(11-4-14-2-7-16(8-3-14)22(23,24)25)18(12-27-29)21-28-19(13-32-21)15-5-9-17(10-6-15)33(26,30)31/h2-3,5-10,12-13H,4,11H2,1H3,(H2,26,30,31). The maximum atomic E-state index is 12.8. The molecule has 0 atom stereocenters. The first-order valence-corrected chi connectivity index (χ1v) is 11.3. The van der Waals surface area contributed by atoms with Crippen LogP contribution in [0, 0.1) is 0 Å². The Morgan fingerprint density at radius 2 is 1.70 bits per heavy atom. The minimum absolute atomic E-state index is 0.00668. The zero-order valence-corrected chi connectivity index (χ0v) is 18.2. The lowest BCUT2D eigenvalue weighted by atomic mass is 10.0. The maximum Gasteiger partial charge on any atom is 0.416 e. The molecule has 2 aromatic carbocycles. The highest BCUT2D eigenvalue weighted by Crippen LogP contribution is 2.30. The molecular formula is C22H19F3N4O3S. The molecule has 4 aromatic rings. The number of alkyl halides is 3. The van der Waals surface area contributed by atoms with E-state index in [-0.39, 0.29) is 4.90 Å². The number of rotatable bonds is 6. The predicted octanol–water partition coefficient (Wildman–Crippen LogP) is 4.19. The average molecular weight is 476 g/mol. The number of sulfonamides is 1. The minimum atomic E-state index is -4.37. The molecule has 0 radical (unpaired) electrons. The summed E-state index contributed by atoms with van der Waals surface area (Å²) < 4.78 is 68.4. The molecule has 0 aliphatic carbocycles. The first-order valence-electron chi connectivity index (χ1n) is 9.78. The topological polar surface area (TPSA) is 104 Å². The summed E-state index contributed by atoms with van der Waals surface area (Å²) >= 11 is 0. The molecule has 0 fully saturated rings. The van der Waals surface area contributed by atoms with Gasteiger partial charge in [0.25, 0.3) is 0 Å². The lowest BCUT2D eigenvalue weighted by Crippen LogP contribution is -2.11. The van der Waals surface area contributed by atoms with E-state index in [4.69, 9.17) is 9.56 Å². The van der Waals surface area contributed by atoms with E-state index in [0.29, 0.717) is 35.6 Å². The molecule has 2 aromatic heterocycles. The van der Waals surface area contributed by atoms with Gasteiger partial charge in [0, 0.05) is 12.6 Å². The Bertz CT molecular complexity index is 1370. The Balaban J connectivity index is 1.53. The highest BCUT2D eigenvalue weighted by Gasteiger charge is 2.30. The lowest BCUT2D eigenvalue weighted by Gasteiger charge is -2.08. The largest absolute Gasteiger partial charge is 0.444 e. The maximum absolute atomic E-state index is 12.8. The van der Waals surface area contributed by atoms with Crippen LogP contribution in [0.15, 0.2) is 70.3 Å². The zero-order valence-electron chi connectivity index (χ0n) is 17.4. The smallest absolute Gasteiger partial charge is 0.416 e. The molecular weight excluding hydrogens is 457 g/mol. The Morgan fingerprint density at radius 1 is 1.03 bits per heavy atom. The number of oxazole rings is 1. The first kappa shape index (κ1) is 22.7. The molecule has 0 spiro atoms. The van der Waals surface area contributed by atoms with E-state index in [1.807, 2.05) is 0 Å². The van der Waals surface area contributed by atoms with Crippen LogP contribution in [0.1, 0.15) is 16.8 Å². The van der Waals surface area contributed by atoms with Gasteiger partial charge in [-0.2, -0.15) is 18.3 Å². The Hall–Kier alpha value is -3.44. The number of benzene rings is 2. The third-order valence-electron chi connectivity index (χ3n) is 5.21. The molecule has 0 saturated heterocycles. The van der Waals surface area contributed by atoms with Crippen LogP contribution in [0.25, 0.3) is 22.7 Å². The van der Waals surface area contributed by atoms with Crippen LogP contribution in [0.5, 0.6) is 0 Å². The van der Waals surface area contributed by atoms with Crippen molar-refractivity contribution in [1.29, 1.82) is 0 Å². The summed E-state index contributed by atoms with van der Waals surface area (Å²) in [5.74, 6) is 0.330. The van der Waals surface area contributed by atoms with Crippen LogP contribution in [0.3, 0.4) is 0 Å². The van der Waals surface area contributed by atoms with Crippen molar-refractivity contribution >= 4 is 10.0 Å². The number of halogens is 3. The van der Waals surface area contributed by atoms with Gasteiger partial charge in [-0.05, 0) is 42.7 Å². The lowest BCUT2D eigenvalue weighted by molar-refractivity contribution is -0.137. The fraction of sp³-hybridized carbons (Fsp3) is 0.182. The number of nitrogens with zero attached hydrogens (tertiary/aromatic N) is 3. The molecule has 2 N–H and O–H groups in total. The molecule has 7 nitrogen and oxygen atoms in total. The highest BCUT2D eigenvalue weighted by atomic mass is 32.2. The molecule has 0 aliphatic rings. The Kier molecular flexibility index (Phi) is 5.85. The third kappa shape index (κ3) is 4.99. The van der Waals surface area contributed by atoms with E-state index < -0.39 is 21.8 Å². The normalized spacial score (nSPS) is 12.3. The molecule has 0 aliphatic heterocycles. The van der Waals surface area contributed by atoms with Gasteiger partial charge in [-0.25, -0.2) is 18.5 Å². The third-order valence-corrected chi connectivity index (χ3v) is 6.14. The SMILES string of the molecule is Cn1ncc(-c2nc(-c3ccc(S(N)(=O)=O)cc3)co2)c1CCc1ccc(C(F)(F)F)cc1. The van der Waals surface area contributed by atoms with Crippen molar-refractivity contribution in [2.24, 2.45) is 12.2 Å². The van der Waals surface area contributed by atoms with Crippen molar-refractivity contribution in [2.45, 2.75) is 23.9 Å². The number of primary sulfonamides is 1.